The van der Waals surface area contributed by atoms with Crippen molar-refractivity contribution in [2.75, 3.05) is 32.1 Å². The Morgan fingerprint density at radius 1 is 1.30 bits per heavy atom. The van der Waals surface area contributed by atoms with Crippen LogP contribution in [0.1, 0.15) is 48.4 Å². The summed E-state index contributed by atoms with van der Waals surface area (Å²) in [5.74, 6) is -0.793. The molecular formula is C24H29FN4O4. The number of likely N-dealkylation sites (tertiary alicyclic amines) is 1. The Morgan fingerprint density at radius 3 is 2.82 bits per heavy atom. The molecule has 2 aromatic rings. The predicted octanol–water partition coefficient (Wildman–Crippen LogP) is 2.98. The molecule has 33 heavy (non-hydrogen) atoms. The highest BCUT2D eigenvalue weighted by atomic mass is 19.1. The Balaban J connectivity index is 1.31. The average Bonchev–Trinajstić information content (AvgIpc) is 2.80. The SMILES string of the molecule is COc1ccc(C(CC(=O)O)C2(F)CN(C(=O)CCCc3ccc4c(n3)NCCC4)C2)cn1. The summed E-state index contributed by atoms with van der Waals surface area (Å²) in [4.78, 5) is 34.1. The first-order chi connectivity index (χ1) is 15.9. The topological polar surface area (TPSA) is 105 Å². The van der Waals surface area contributed by atoms with Gasteiger partial charge in [-0.2, -0.15) is 0 Å². The van der Waals surface area contributed by atoms with Crippen LogP contribution in [0.2, 0.25) is 0 Å². The molecule has 1 saturated heterocycles. The zero-order valence-electron chi connectivity index (χ0n) is 18.7. The van der Waals surface area contributed by atoms with E-state index in [2.05, 4.69) is 21.4 Å². The van der Waals surface area contributed by atoms with Crippen LogP contribution >= 0.6 is 0 Å². The zero-order chi connectivity index (χ0) is 23.4. The van der Waals surface area contributed by atoms with Gasteiger partial charge in [-0.3, -0.25) is 9.59 Å². The number of carbonyl (C=O) groups is 2. The maximum Gasteiger partial charge on any atom is 0.304 e. The Morgan fingerprint density at radius 2 is 2.12 bits per heavy atom. The summed E-state index contributed by atoms with van der Waals surface area (Å²) in [7, 11) is 1.47. The molecule has 2 aliphatic heterocycles. The highest BCUT2D eigenvalue weighted by Crippen LogP contribution is 2.42. The quantitative estimate of drug-likeness (QED) is 0.598. The minimum Gasteiger partial charge on any atom is -0.481 e. The fourth-order valence-corrected chi connectivity index (χ4v) is 4.56. The number of carboxylic acid groups (broad SMARTS) is 1. The molecule has 9 heteroatoms. The minimum atomic E-state index is -1.80. The molecule has 2 aliphatic rings. The summed E-state index contributed by atoms with van der Waals surface area (Å²) in [5.41, 5.74) is 0.854. The van der Waals surface area contributed by atoms with E-state index in [4.69, 9.17) is 4.74 Å². The van der Waals surface area contributed by atoms with Gasteiger partial charge >= 0.3 is 5.97 Å². The molecule has 0 saturated carbocycles. The number of aromatic nitrogens is 2. The van der Waals surface area contributed by atoms with Crippen LogP contribution in [-0.4, -0.2) is 64.3 Å². The highest BCUT2D eigenvalue weighted by Gasteiger charge is 2.52. The second-order valence-corrected chi connectivity index (χ2v) is 8.76. The average molecular weight is 457 g/mol. The molecule has 0 radical (unpaired) electrons. The van der Waals surface area contributed by atoms with Crippen molar-refractivity contribution in [1.82, 2.24) is 14.9 Å². The van der Waals surface area contributed by atoms with Gasteiger partial charge in [0, 0.05) is 36.8 Å². The van der Waals surface area contributed by atoms with E-state index in [1.54, 1.807) is 12.1 Å². The fourth-order valence-electron chi connectivity index (χ4n) is 4.56. The summed E-state index contributed by atoms with van der Waals surface area (Å²) in [6.07, 6.45) is 4.81. The molecule has 0 bridgehead atoms. The van der Waals surface area contributed by atoms with Gasteiger partial charge in [0.05, 0.1) is 26.6 Å². The molecule has 4 rings (SSSR count). The fraction of sp³-hybridized carbons (Fsp3) is 0.500. The number of methoxy groups -OCH3 is 1. The van der Waals surface area contributed by atoms with Crippen molar-refractivity contribution >= 4 is 17.7 Å². The molecule has 2 N–H and O–H groups in total. The number of amides is 1. The monoisotopic (exact) mass is 456 g/mol. The number of aliphatic carboxylic acids is 1. The zero-order valence-corrected chi connectivity index (χ0v) is 18.7. The lowest BCUT2D eigenvalue weighted by Crippen LogP contribution is -2.63. The lowest BCUT2D eigenvalue weighted by molar-refractivity contribution is -0.150. The first-order valence-corrected chi connectivity index (χ1v) is 11.3. The molecule has 1 unspecified atom stereocenters. The molecule has 0 aromatic carbocycles. The van der Waals surface area contributed by atoms with Gasteiger partial charge in [0.15, 0.2) is 5.67 Å². The normalized spacial score (nSPS) is 17.3. The number of ether oxygens (including phenoxy) is 1. The molecule has 2 aromatic heterocycles. The summed E-state index contributed by atoms with van der Waals surface area (Å²) in [6, 6.07) is 7.31. The molecule has 1 fully saturated rings. The number of alkyl halides is 1. The lowest BCUT2D eigenvalue weighted by atomic mass is 9.76. The first kappa shape index (κ1) is 22.9. The second-order valence-electron chi connectivity index (χ2n) is 8.76. The standard InChI is InChI=1S/C24H29FN4O4/c1-33-20-10-8-17(13-27-20)19(12-22(31)32)24(25)14-29(15-24)21(30)6-2-5-18-9-7-16-4-3-11-26-23(16)28-18/h7-10,13,19H,2-6,11-12,14-15H2,1H3,(H,26,28)(H,31,32). The van der Waals surface area contributed by atoms with Gasteiger partial charge in [0.25, 0.3) is 0 Å². The number of rotatable bonds is 9. The van der Waals surface area contributed by atoms with Gasteiger partial charge in [-0.05, 0) is 42.9 Å². The first-order valence-electron chi connectivity index (χ1n) is 11.3. The number of halogens is 1. The second kappa shape index (κ2) is 9.72. The summed E-state index contributed by atoms with van der Waals surface area (Å²) in [5, 5.41) is 12.6. The van der Waals surface area contributed by atoms with Crippen LogP contribution in [0, 0.1) is 0 Å². The maximum atomic E-state index is 15.6. The largest absolute Gasteiger partial charge is 0.481 e. The lowest BCUT2D eigenvalue weighted by Gasteiger charge is -2.48. The third-order valence-corrected chi connectivity index (χ3v) is 6.41. The summed E-state index contributed by atoms with van der Waals surface area (Å²) in [6.45, 7) is 0.699. The van der Waals surface area contributed by atoms with Crippen molar-refractivity contribution in [2.45, 2.75) is 50.1 Å². The van der Waals surface area contributed by atoms with Gasteiger partial charge in [-0.1, -0.05) is 12.1 Å². The molecule has 1 amide bonds. The van der Waals surface area contributed by atoms with E-state index in [-0.39, 0.29) is 25.4 Å². The number of carbonyl (C=O) groups excluding carboxylic acids is 1. The highest BCUT2D eigenvalue weighted by molar-refractivity contribution is 5.77. The third kappa shape index (κ3) is 5.23. The van der Waals surface area contributed by atoms with Crippen LogP contribution in [0.5, 0.6) is 5.88 Å². The van der Waals surface area contributed by atoms with Crippen molar-refractivity contribution < 1.29 is 23.8 Å². The number of fused-ring (bicyclic) bond motifs is 1. The van der Waals surface area contributed by atoms with E-state index in [9.17, 15) is 14.7 Å². The number of hydrogen-bond acceptors (Lipinski definition) is 6. The predicted molar refractivity (Wildman–Crippen MR) is 120 cm³/mol. The van der Waals surface area contributed by atoms with Crippen molar-refractivity contribution in [3.05, 3.63) is 47.3 Å². The number of pyridine rings is 2. The van der Waals surface area contributed by atoms with Crippen LogP contribution in [0.4, 0.5) is 10.2 Å². The van der Waals surface area contributed by atoms with E-state index < -0.39 is 17.6 Å². The number of nitrogens with one attached hydrogen (secondary N) is 1. The Hall–Kier alpha value is -3.23. The Bertz CT molecular complexity index is 1010. The number of nitrogens with zero attached hydrogens (tertiary/aromatic N) is 3. The van der Waals surface area contributed by atoms with E-state index in [0.29, 0.717) is 30.7 Å². The van der Waals surface area contributed by atoms with Crippen LogP contribution in [-0.2, 0) is 22.4 Å². The Kier molecular flexibility index (Phi) is 6.76. The number of aryl methyl sites for hydroxylation is 2. The number of anilines is 1. The van der Waals surface area contributed by atoms with E-state index in [1.807, 2.05) is 6.07 Å². The van der Waals surface area contributed by atoms with Crippen molar-refractivity contribution in [3.63, 3.8) is 0 Å². The molecule has 176 valence electrons. The number of hydrogen-bond donors (Lipinski definition) is 2. The van der Waals surface area contributed by atoms with Crippen molar-refractivity contribution in [1.29, 1.82) is 0 Å². The van der Waals surface area contributed by atoms with Crippen LogP contribution in [0.25, 0.3) is 0 Å². The van der Waals surface area contributed by atoms with Gasteiger partial charge in [-0.25, -0.2) is 14.4 Å². The minimum absolute atomic E-state index is 0.114. The molecule has 0 aliphatic carbocycles. The smallest absolute Gasteiger partial charge is 0.304 e. The number of carboxylic acids is 1. The van der Waals surface area contributed by atoms with E-state index >= 15 is 4.39 Å². The summed E-state index contributed by atoms with van der Waals surface area (Å²) < 4.78 is 20.6. The molecule has 0 spiro atoms. The van der Waals surface area contributed by atoms with Gasteiger partial charge in [0.1, 0.15) is 5.82 Å². The van der Waals surface area contributed by atoms with Gasteiger partial charge in [0.2, 0.25) is 11.8 Å². The van der Waals surface area contributed by atoms with Gasteiger partial charge < -0.3 is 20.1 Å². The van der Waals surface area contributed by atoms with Crippen LogP contribution in [0.15, 0.2) is 30.5 Å². The van der Waals surface area contributed by atoms with E-state index in [0.717, 1.165) is 30.9 Å². The Labute approximate surface area is 192 Å². The third-order valence-electron chi connectivity index (χ3n) is 6.41. The van der Waals surface area contributed by atoms with Crippen molar-refractivity contribution in [3.8, 4) is 5.88 Å². The van der Waals surface area contributed by atoms with Crippen LogP contribution in [0.3, 0.4) is 0 Å². The van der Waals surface area contributed by atoms with Gasteiger partial charge in [-0.15, -0.1) is 0 Å². The molecule has 8 nitrogen and oxygen atoms in total. The maximum absolute atomic E-state index is 15.6. The van der Waals surface area contributed by atoms with Crippen molar-refractivity contribution in [2.24, 2.45) is 0 Å². The molecule has 4 heterocycles. The van der Waals surface area contributed by atoms with Crippen LogP contribution < -0.4 is 10.1 Å². The molecule has 1 atom stereocenters. The molecular weight excluding hydrogens is 427 g/mol. The summed E-state index contributed by atoms with van der Waals surface area (Å²) >= 11 is 0. The van der Waals surface area contributed by atoms with E-state index in [1.165, 1.54) is 23.8 Å².